The zero-order valence-electron chi connectivity index (χ0n) is 17.6. The van der Waals surface area contributed by atoms with Gasteiger partial charge in [0.2, 0.25) is 8.32 Å². The molecule has 150 valence electrons. The number of carbonyl (C=O) groups is 2. The first-order valence-corrected chi connectivity index (χ1v) is 12.9. The number of rotatable bonds is 5. The van der Waals surface area contributed by atoms with Crippen molar-refractivity contribution in [2.75, 3.05) is 6.61 Å². The normalized spacial score (nSPS) is 21.5. The summed E-state index contributed by atoms with van der Waals surface area (Å²) < 4.78 is 11.4. The lowest BCUT2D eigenvalue weighted by Crippen LogP contribution is -2.43. The Labute approximate surface area is 164 Å². The highest BCUT2D eigenvalue weighted by Gasteiger charge is 2.39. The standard InChI is InChI=1S/C22H34O4Si/c1-7-25-21(24)19-14-10-17(11-15-20(19)23)16-8-12-18(13-9-16)26-27(5,6)22(2,3)4/h8-9,12-13,17,19H,7,10-11,14-15H2,1-6H3. The van der Waals surface area contributed by atoms with Crippen LogP contribution in [0.2, 0.25) is 18.1 Å². The smallest absolute Gasteiger partial charge is 0.316 e. The molecule has 0 amide bonds. The van der Waals surface area contributed by atoms with Gasteiger partial charge in [0.1, 0.15) is 17.5 Å². The van der Waals surface area contributed by atoms with E-state index in [4.69, 9.17) is 9.16 Å². The predicted molar refractivity (Wildman–Crippen MR) is 111 cm³/mol. The molecule has 1 aromatic carbocycles. The van der Waals surface area contributed by atoms with Crippen molar-refractivity contribution < 1.29 is 18.8 Å². The van der Waals surface area contributed by atoms with Crippen LogP contribution in [0.5, 0.6) is 5.75 Å². The van der Waals surface area contributed by atoms with Crippen LogP contribution in [0.25, 0.3) is 0 Å². The Morgan fingerprint density at radius 1 is 1.11 bits per heavy atom. The van der Waals surface area contributed by atoms with Crippen LogP contribution in [0.3, 0.4) is 0 Å². The van der Waals surface area contributed by atoms with Crippen molar-refractivity contribution in [3.05, 3.63) is 29.8 Å². The summed E-state index contributed by atoms with van der Waals surface area (Å²) in [5.41, 5.74) is 1.22. The first-order chi connectivity index (χ1) is 12.5. The summed E-state index contributed by atoms with van der Waals surface area (Å²) in [6, 6.07) is 8.32. The van der Waals surface area contributed by atoms with Gasteiger partial charge in [0.15, 0.2) is 0 Å². The molecule has 0 spiro atoms. The third kappa shape index (κ3) is 5.44. The second-order valence-corrected chi connectivity index (χ2v) is 13.7. The zero-order chi connectivity index (χ0) is 20.2. The fraction of sp³-hybridized carbons (Fsp3) is 0.636. The summed E-state index contributed by atoms with van der Waals surface area (Å²) >= 11 is 0. The Kier molecular flexibility index (Phi) is 6.90. The lowest BCUT2D eigenvalue weighted by molar-refractivity contribution is -0.151. The highest BCUT2D eigenvalue weighted by Crippen LogP contribution is 2.38. The number of esters is 1. The van der Waals surface area contributed by atoms with Gasteiger partial charge in [-0.1, -0.05) is 32.9 Å². The molecule has 2 atom stereocenters. The van der Waals surface area contributed by atoms with E-state index in [0.29, 0.717) is 25.4 Å². The van der Waals surface area contributed by atoms with Crippen molar-refractivity contribution in [3.63, 3.8) is 0 Å². The topological polar surface area (TPSA) is 52.6 Å². The van der Waals surface area contributed by atoms with Crippen molar-refractivity contribution in [1.82, 2.24) is 0 Å². The Morgan fingerprint density at radius 3 is 2.30 bits per heavy atom. The van der Waals surface area contributed by atoms with Crippen molar-refractivity contribution in [1.29, 1.82) is 0 Å². The number of Topliss-reactive ketones (excluding diaryl/α,β-unsaturated/α-hetero) is 1. The fourth-order valence-corrected chi connectivity index (χ4v) is 4.28. The molecule has 2 unspecified atom stereocenters. The largest absolute Gasteiger partial charge is 0.544 e. The molecule has 0 aliphatic heterocycles. The van der Waals surface area contributed by atoms with Crippen LogP contribution in [0.1, 0.15) is 64.9 Å². The molecule has 0 aromatic heterocycles. The van der Waals surface area contributed by atoms with Crippen LogP contribution < -0.4 is 4.43 Å². The summed E-state index contributed by atoms with van der Waals surface area (Å²) in [4.78, 5) is 24.3. The highest BCUT2D eigenvalue weighted by atomic mass is 28.4. The summed E-state index contributed by atoms with van der Waals surface area (Å²) in [7, 11) is -1.85. The third-order valence-corrected chi connectivity index (χ3v) is 10.4. The Morgan fingerprint density at radius 2 is 1.74 bits per heavy atom. The lowest BCUT2D eigenvalue weighted by Gasteiger charge is -2.36. The van der Waals surface area contributed by atoms with E-state index in [-0.39, 0.29) is 16.8 Å². The maximum atomic E-state index is 12.3. The molecule has 2 rings (SSSR count). The van der Waals surface area contributed by atoms with Gasteiger partial charge in [0.05, 0.1) is 6.61 Å². The summed E-state index contributed by atoms with van der Waals surface area (Å²) in [6.45, 7) is 13.3. The number of benzene rings is 1. The average molecular weight is 391 g/mol. The fourth-order valence-electron chi connectivity index (χ4n) is 3.25. The van der Waals surface area contributed by atoms with E-state index < -0.39 is 14.2 Å². The van der Waals surface area contributed by atoms with Gasteiger partial charge in [-0.15, -0.1) is 0 Å². The van der Waals surface area contributed by atoms with E-state index in [9.17, 15) is 9.59 Å². The van der Waals surface area contributed by atoms with Gasteiger partial charge in [-0.2, -0.15) is 0 Å². The molecule has 0 radical (unpaired) electrons. The van der Waals surface area contributed by atoms with E-state index >= 15 is 0 Å². The molecule has 5 heteroatoms. The predicted octanol–water partition coefficient (Wildman–Crippen LogP) is 5.48. The third-order valence-electron chi connectivity index (χ3n) is 6.03. The second kappa shape index (κ2) is 8.59. The van der Waals surface area contributed by atoms with Crippen molar-refractivity contribution in [2.24, 2.45) is 5.92 Å². The highest BCUT2D eigenvalue weighted by molar-refractivity contribution is 6.74. The summed E-state index contributed by atoms with van der Waals surface area (Å²) in [6.07, 6.45) is 2.63. The molecule has 0 bridgehead atoms. The quantitative estimate of drug-likeness (QED) is 0.289. The SMILES string of the molecule is CCOC(=O)C1CCC(c2ccc(O[Si](C)(C)C(C)(C)C)cc2)CCC1=O. The maximum Gasteiger partial charge on any atom is 0.316 e. The Bertz CT molecular complexity index is 658. The van der Waals surface area contributed by atoms with E-state index in [0.717, 1.165) is 18.6 Å². The molecule has 0 N–H and O–H groups in total. The van der Waals surface area contributed by atoms with Gasteiger partial charge in [0, 0.05) is 6.42 Å². The van der Waals surface area contributed by atoms with Gasteiger partial charge in [-0.3, -0.25) is 9.59 Å². The van der Waals surface area contributed by atoms with Gasteiger partial charge in [-0.05, 0) is 67.9 Å². The van der Waals surface area contributed by atoms with Crippen molar-refractivity contribution >= 4 is 20.1 Å². The van der Waals surface area contributed by atoms with Gasteiger partial charge in [0.25, 0.3) is 0 Å². The summed E-state index contributed by atoms with van der Waals surface area (Å²) in [5, 5.41) is 0.162. The first kappa shape index (κ1) is 21.7. The van der Waals surface area contributed by atoms with Crippen LogP contribution in [-0.2, 0) is 14.3 Å². The minimum Gasteiger partial charge on any atom is -0.544 e. The van der Waals surface area contributed by atoms with E-state index in [1.165, 1.54) is 5.56 Å². The van der Waals surface area contributed by atoms with Crippen LogP contribution in [0, 0.1) is 5.92 Å². The van der Waals surface area contributed by atoms with Gasteiger partial charge >= 0.3 is 5.97 Å². The van der Waals surface area contributed by atoms with Crippen LogP contribution in [0.4, 0.5) is 0 Å². The minimum absolute atomic E-state index is 0.0221. The molecular weight excluding hydrogens is 356 g/mol. The van der Waals surface area contributed by atoms with E-state index in [2.05, 4.69) is 46.0 Å². The molecule has 4 nitrogen and oxygen atoms in total. The van der Waals surface area contributed by atoms with Crippen LogP contribution in [0.15, 0.2) is 24.3 Å². The second-order valence-electron chi connectivity index (χ2n) is 9.02. The monoisotopic (exact) mass is 390 g/mol. The van der Waals surface area contributed by atoms with Crippen LogP contribution in [-0.4, -0.2) is 26.7 Å². The number of ketones is 1. The molecule has 1 fully saturated rings. The zero-order valence-corrected chi connectivity index (χ0v) is 18.6. The van der Waals surface area contributed by atoms with Gasteiger partial charge in [-0.25, -0.2) is 0 Å². The number of hydrogen-bond acceptors (Lipinski definition) is 4. The minimum atomic E-state index is -1.85. The van der Waals surface area contributed by atoms with E-state index in [1.54, 1.807) is 6.92 Å². The number of carbonyl (C=O) groups excluding carboxylic acids is 2. The molecule has 27 heavy (non-hydrogen) atoms. The average Bonchev–Trinajstić information content (AvgIpc) is 2.76. The Balaban J connectivity index is 2.05. The lowest BCUT2D eigenvalue weighted by atomic mass is 9.91. The van der Waals surface area contributed by atoms with E-state index in [1.807, 2.05) is 12.1 Å². The summed E-state index contributed by atoms with van der Waals surface area (Å²) in [5.74, 6) is 0.293. The van der Waals surface area contributed by atoms with Gasteiger partial charge < -0.3 is 9.16 Å². The molecular formula is C22H34O4Si. The first-order valence-electron chi connectivity index (χ1n) is 10.0. The number of hydrogen-bond donors (Lipinski definition) is 0. The number of ether oxygens (including phenoxy) is 1. The van der Waals surface area contributed by atoms with Crippen molar-refractivity contribution in [3.8, 4) is 5.75 Å². The van der Waals surface area contributed by atoms with Crippen molar-refractivity contribution in [2.45, 2.75) is 77.4 Å². The Hall–Kier alpha value is -1.62. The molecule has 0 saturated heterocycles. The maximum absolute atomic E-state index is 12.3. The molecule has 1 saturated carbocycles. The molecule has 1 aliphatic carbocycles. The molecule has 0 heterocycles. The molecule has 1 aromatic rings. The van der Waals surface area contributed by atoms with Crippen LogP contribution >= 0.6 is 0 Å². The molecule has 1 aliphatic rings.